The van der Waals surface area contributed by atoms with E-state index >= 15 is 0 Å². The van der Waals surface area contributed by atoms with Gasteiger partial charge in [-0.25, -0.2) is 4.79 Å². The Morgan fingerprint density at radius 2 is 2.00 bits per heavy atom. The number of nitrogens with zero attached hydrogens (tertiary/aromatic N) is 1. The highest BCUT2D eigenvalue weighted by Crippen LogP contribution is 2.26. The van der Waals surface area contributed by atoms with E-state index in [9.17, 15) is 4.79 Å². The Morgan fingerprint density at radius 1 is 1.17 bits per heavy atom. The quantitative estimate of drug-likeness (QED) is 0.868. The third-order valence-electron chi connectivity index (χ3n) is 4.55. The van der Waals surface area contributed by atoms with E-state index < -0.39 is 0 Å². The van der Waals surface area contributed by atoms with Gasteiger partial charge >= 0.3 is 6.03 Å². The van der Waals surface area contributed by atoms with Crippen molar-refractivity contribution in [1.29, 1.82) is 0 Å². The Labute approximate surface area is 143 Å². The summed E-state index contributed by atoms with van der Waals surface area (Å²) in [4.78, 5) is 14.3. The van der Waals surface area contributed by atoms with Crippen molar-refractivity contribution < 1.29 is 9.53 Å². The van der Waals surface area contributed by atoms with Crippen LogP contribution in [0.3, 0.4) is 0 Å². The zero-order valence-electron chi connectivity index (χ0n) is 14.3. The van der Waals surface area contributed by atoms with Crippen molar-refractivity contribution in [3.63, 3.8) is 0 Å². The molecule has 0 unspecified atom stereocenters. The molecule has 2 aromatic rings. The normalized spacial score (nSPS) is 13.3. The van der Waals surface area contributed by atoms with Crippen LogP contribution in [0.2, 0.25) is 0 Å². The van der Waals surface area contributed by atoms with Crippen LogP contribution in [0.4, 0.5) is 10.5 Å². The molecule has 4 heteroatoms. The molecule has 0 aliphatic carbocycles. The molecule has 0 radical (unpaired) electrons. The lowest BCUT2D eigenvalue weighted by Gasteiger charge is -2.29. The van der Waals surface area contributed by atoms with Crippen LogP contribution < -0.4 is 15.0 Å². The number of rotatable bonds is 4. The fourth-order valence-corrected chi connectivity index (χ4v) is 3.04. The number of hydrogen-bond acceptors (Lipinski definition) is 2. The van der Waals surface area contributed by atoms with Crippen LogP contribution in [-0.2, 0) is 6.42 Å². The molecule has 0 saturated carbocycles. The number of urea groups is 1. The van der Waals surface area contributed by atoms with Crippen molar-refractivity contribution in [3.8, 4) is 5.75 Å². The minimum atomic E-state index is -0.0493. The van der Waals surface area contributed by atoms with Crippen molar-refractivity contribution in [2.45, 2.75) is 26.7 Å². The Kier molecular flexibility index (Phi) is 5.04. The van der Waals surface area contributed by atoms with Crippen LogP contribution in [0.15, 0.2) is 42.5 Å². The zero-order valence-corrected chi connectivity index (χ0v) is 14.3. The SMILES string of the molecule is Cc1cccc(OCCNC(=O)N2CCCc3ccccc32)c1C. The Bertz CT molecular complexity index is 727. The van der Waals surface area contributed by atoms with Gasteiger partial charge in [-0.15, -0.1) is 0 Å². The van der Waals surface area contributed by atoms with E-state index in [1.165, 1.54) is 11.1 Å². The molecule has 0 atom stereocenters. The number of para-hydroxylation sites is 1. The van der Waals surface area contributed by atoms with Gasteiger partial charge < -0.3 is 10.1 Å². The van der Waals surface area contributed by atoms with Crippen molar-refractivity contribution in [2.24, 2.45) is 0 Å². The zero-order chi connectivity index (χ0) is 16.9. The van der Waals surface area contributed by atoms with Gasteiger partial charge in [-0.1, -0.05) is 30.3 Å². The van der Waals surface area contributed by atoms with Gasteiger partial charge in [0.2, 0.25) is 0 Å². The number of amides is 2. The number of carbonyl (C=O) groups excluding carboxylic acids is 1. The molecule has 0 spiro atoms. The summed E-state index contributed by atoms with van der Waals surface area (Å²) in [6.45, 7) is 5.84. The molecule has 4 nitrogen and oxygen atoms in total. The van der Waals surface area contributed by atoms with Crippen LogP contribution >= 0.6 is 0 Å². The molecule has 126 valence electrons. The lowest BCUT2D eigenvalue weighted by Crippen LogP contribution is -2.44. The standard InChI is InChI=1S/C20H24N2O2/c1-15-7-5-11-19(16(15)2)24-14-12-21-20(23)22-13-6-9-17-8-3-4-10-18(17)22/h3-5,7-8,10-11H,6,9,12-14H2,1-2H3,(H,21,23). The first-order valence-corrected chi connectivity index (χ1v) is 8.49. The molecule has 1 heterocycles. The lowest BCUT2D eigenvalue weighted by atomic mass is 10.0. The molecule has 2 amide bonds. The minimum absolute atomic E-state index is 0.0493. The maximum atomic E-state index is 12.5. The molecule has 1 aliphatic heterocycles. The van der Waals surface area contributed by atoms with Crippen LogP contribution in [0.1, 0.15) is 23.1 Å². The van der Waals surface area contributed by atoms with Crippen molar-refractivity contribution >= 4 is 11.7 Å². The molecule has 0 aromatic heterocycles. The second kappa shape index (κ2) is 7.39. The molecular formula is C20H24N2O2. The second-order valence-corrected chi connectivity index (χ2v) is 6.16. The summed E-state index contributed by atoms with van der Waals surface area (Å²) in [5, 5.41) is 2.96. The Hall–Kier alpha value is -2.49. The first kappa shape index (κ1) is 16.4. The topological polar surface area (TPSA) is 41.6 Å². The molecule has 1 N–H and O–H groups in total. The summed E-state index contributed by atoms with van der Waals surface area (Å²) in [6, 6.07) is 14.1. The molecule has 1 aliphatic rings. The smallest absolute Gasteiger partial charge is 0.321 e. The van der Waals surface area contributed by atoms with Crippen molar-refractivity contribution in [2.75, 3.05) is 24.6 Å². The maximum absolute atomic E-state index is 12.5. The van der Waals surface area contributed by atoms with Crippen LogP contribution in [0, 0.1) is 13.8 Å². The molecule has 24 heavy (non-hydrogen) atoms. The van der Waals surface area contributed by atoms with E-state index in [-0.39, 0.29) is 6.03 Å². The maximum Gasteiger partial charge on any atom is 0.321 e. The molecule has 0 fully saturated rings. The van der Waals surface area contributed by atoms with Crippen LogP contribution in [-0.4, -0.2) is 25.7 Å². The summed E-state index contributed by atoms with van der Waals surface area (Å²) in [5.41, 5.74) is 4.62. The first-order valence-electron chi connectivity index (χ1n) is 8.49. The number of ether oxygens (including phenoxy) is 1. The average molecular weight is 324 g/mol. The van der Waals surface area contributed by atoms with Gasteiger partial charge in [0.25, 0.3) is 0 Å². The molecular weight excluding hydrogens is 300 g/mol. The fraction of sp³-hybridized carbons (Fsp3) is 0.350. The van der Waals surface area contributed by atoms with Gasteiger partial charge in [0.05, 0.1) is 6.54 Å². The van der Waals surface area contributed by atoms with Gasteiger partial charge in [-0.3, -0.25) is 4.90 Å². The van der Waals surface area contributed by atoms with Gasteiger partial charge in [0.15, 0.2) is 0 Å². The third-order valence-corrected chi connectivity index (χ3v) is 4.55. The van der Waals surface area contributed by atoms with Crippen molar-refractivity contribution in [3.05, 3.63) is 59.2 Å². The number of hydrogen-bond donors (Lipinski definition) is 1. The summed E-state index contributed by atoms with van der Waals surface area (Å²) < 4.78 is 5.79. The van der Waals surface area contributed by atoms with Gasteiger partial charge in [0, 0.05) is 12.2 Å². The van der Waals surface area contributed by atoms with E-state index in [1.54, 1.807) is 0 Å². The van der Waals surface area contributed by atoms with E-state index in [4.69, 9.17) is 4.74 Å². The number of fused-ring (bicyclic) bond motifs is 1. The van der Waals surface area contributed by atoms with Crippen LogP contribution in [0.25, 0.3) is 0 Å². The highest BCUT2D eigenvalue weighted by Gasteiger charge is 2.21. The number of aryl methyl sites for hydroxylation is 2. The predicted octanol–water partition coefficient (Wildman–Crippen LogP) is 3.84. The Morgan fingerprint density at radius 3 is 2.88 bits per heavy atom. The van der Waals surface area contributed by atoms with Crippen molar-refractivity contribution in [1.82, 2.24) is 5.32 Å². The molecule has 2 aromatic carbocycles. The highest BCUT2D eigenvalue weighted by molar-refractivity contribution is 5.93. The van der Waals surface area contributed by atoms with Gasteiger partial charge in [0.1, 0.15) is 12.4 Å². The number of anilines is 1. The average Bonchev–Trinajstić information content (AvgIpc) is 2.61. The summed E-state index contributed by atoms with van der Waals surface area (Å²) in [7, 11) is 0. The summed E-state index contributed by atoms with van der Waals surface area (Å²) in [5.74, 6) is 0.882. The lowest BCUT2D eigenvalue weighted by molar-refractivity contribution is 0.241. The van der Waals surface area contributed by atoms with Crippen LogP contribution in [0.5, 0.6) is 5.75 Å². The monoisotopic (exact) mass is 324 g/mol. The predicted molar refractivity (Wildman–Crippen MR) is 96.9 cm³/mol. The Balaban J connectivity index is 1.53. The van der Waals surface area contributed by atoms with E-state index in [0.717, 1.165) is 36.4 Å². The second-order valence-electron chi connectivity index (χ2n) is 6.16. The number of carbonyl (C=O) groups is 1. The third kappa shape index (κ3) is 3.53. The summed E-state index contributed by atoms with van der Waals surface area (Å²) >= 11 is 0. The van der Waals surface area contributed by atoms with Gasteiger partial charge in [-0.05, 0) is 55.5 Å². The van der Waals surface area contributed by atoms with E-state index in [1.807, 2.05) is 42.2 Å². The largest absolute Gasteiger partial charge is 0.491 e. The highest BCUT2D eigenvalue weighted by atomic mass is 16.5. The van der Waals surface area contributed by atoms with E-state index in [2.05, 4.69) is 24.4 Å². The fourth-order valence-electron chi connectivity index (χ4n) is 3.04. The molecule has 0 bridgehead atoms. The van der Waals surface area contributed by atoms with Gasteiger partial charge in [-0.2, -0.15) is 0 Å². The minimum Gasteiger partial charge on any atom is -0.491 e. The first-order chi connectivity index (χ1) is 11.7. The molecule has 3 rings (SSSR count). The molecule has 0 saturated heterocycles. The number of nitrogens with one attached hydrogen (secondary N) is 1. The number of benzene rings is 2. The van der Waals surface area contributed by atoms with E-state index in [0.29, 0.717) is 13.2 Å². The summed E-state index contributed by atoms with van der Waals surface area (Å²) in [6.07, 6.45) is 2.04.